The third kappa shape index (κ3) is 11.2. The van der Waals surface area contributed by atoms with Crippen molar-refractivity contribution < 1.29 is 14.2 Å². The molecule has 0 heterocycles. The van der Waals surface area contributed by atoms with Crippen LogP contribution < -0.4 is 0 Å². The quantitative estimate of drug-likeness (QED) is 0.204. The predicted molar refractivity (Wildman–Crippen MR) is 108 cm³/mol. The van der Waals surface area contributed by atoms with Crippen molar-refractivity contribution in [2.45, 2.75) is 105 Å². The van der Waals surface area contributed by atoms with Crippen LogP contribution in [-0.2, 0) is 14.2 Å². The second-order valence-corrected chi connectivity index (χ2v) is 7.42. The molecule has 0 aromatic heterocycles. The van der Waals surface area contributed by atoms with Gasteiger partial charge in [-0.25, -0.2) is 0 Å². The van der Waals surface area contributed by atoms with E-state index in [1.807, 2.05) is 0 Å². The van der Waals surface area contributed by atoms with Crippen molar-refractivity contribution in [1.82, 2.24) is 0 Å². The summed E-state index contributed by atoms with van der Waals surface area (Å²) < 4.78 is 17.9. The highest BCUT2D eigenvalue weighted by atomic mass is 16.7. The zero-order valence-corrected chi connectivity index (χ0v) is 18.1. The zero-order valence-electron chi connectivity index (χ0n) is 18.1. The van der Waals surface area contributed by atoms with Crippen LogP contribution in [0.1, 0.15) is 99.3 Å². The lowest BCUT2D eigenvalue weighted by Gasteiger charge is -2.40. The number of unbranched alkanes of at least 4 members (excludes halogenated alkanes) is 4. The van der Waals surface area contributed by atoms with Crippen LogP contribution in [0, 0.1) is 11.8 Å². The maximum absolute atomic E-state index is 6.11. The maximum atomic E-state index is 6.11. The first kappa shape index (κ1) is 24.9. The summed E-state index contributed by atoms with van der Waals surface area (Å²) in [6, 6.07) is 0. The van der Waals surface area contributed by atoms with Crippen molar-refractivity contribution in [3.05, 3.63) is 0 Å². The summed E-state index contributed by atoms with van der Waals surface area (Å²) in [5.41, 5.74) is 0. The van der Waals surface area contributed by atoms with Crippen LogP contribution in [0.2, 0.25) is 0 Å². The molecule has 152 valence electrons. The Hall–Kier alpha value is -0.120. The number of hydrogen-bond donors (Lipinski definition) is 0. The van der Waals surface area contributed by atoms with Gasteiger partial charge in [0.15, 0.2) is 5.79 Å². The lowest BCUT2D eigenvalue weighted by atomic mass is 9.80. The van der Waals surface area contributed by atoms with E-state index in [1.165, 1.54) is 38.5 Å². The molecule has 0 radical (unpaired) electrons. The third-order valence-corrected chi connectivity index (χ3v) is 5.14. The highest BCUT2D eigenvalue weighted by Crippen LogP contribution is 2.36. The minimum atomic E-state index is -0.475. The molecule has 0 fully saturated rings. The molecule has 3 nitrogen and oxygen atoms in total. The molecule has 3 heteroatoms. The normalized spacial score (nSPS) is 14.6. The Kier molecular flexibility index (Phi) is 16.0. The average Bonchev–Trinajstić information content (AvgIpc) is 2.58. The standard InChI is InChI=1S/C22H46O3/c1-7-11-12-13-14-16-20(5)21(17-15-19-23-18-8-2)22(6,24-9-3)25-10-4/h20-21H,7-19H2,1-6H3. The van der Waals surface area contributed by atoms with Crippen molar-refractivity contribution >= 4 is 0 Å². The van der Waals surface area contributed by atoms with Gasteiger partial charge in [0.1, 0.15) is 0 Å². The van der Waals surface area contributed by atoms with Crippen molar-refractivity contribution in [2.75, 3.05) is 26.4 Å². The Morgan fingerprint density at radius 2 is 1.36 bits per heavy atom. The zero-order chi connectivity index (χ0) is 19.0. The number of hydrogen-bond acceptors (Lipinski definition) is 3. The van der Waals surface area contributed by atoms with Gasteiger partial charge in [-0.1, -0.05) is 59.3 Å². The van der Waals surface area contributed by atoms with Gasteiger partial charge < -0.3 is 14.2 Å². The Morgan fingerprint density at radius 1 is 0.720 bits per heavy atom. The summed E-state index contributed by atoms with van der Waals surface area (Å²) in [5.74, 6) is 0.552. The first-order chi connectivity index (χ1) is 12.1. The first-order valence-electron chi connectivity index (χ1n) is 10.9. The summed E-state index contributed by atoms with van der Waals surface area (Å²) in [6.07, 6.45) is 11.3. The van der Waals surface area contributed by atoms with Gasteiger partial charge >= 0.3 is 0 Å². The van der Waals surface area contributed by atoms with E-state index in [4.69, 9.17) is 14.2 Å². The van der Waals surface area contributed by atoms with Crippen molar-refractivity contribution in [3.8, 4) is 0 Å². The molecule has 0 rings (SSSR count). The smallest absolute Gasteiger partial charge is 0.168 e. The minimum absolute atomic E-state index is 0.420. The molecule has 0 aliphatic rings. The van der Waals surface area contributed by atoms with Gasteiger partial charge in [-0.2, -0.15) is 0 Å². The van der Waals surface area contributed by atoms with Crippen molar-refractivity contribution in [2.24, 2.45) is 11.8 Å². The van der Waals surface area contributed by atoms with Crippen LogP contribution >= 0.6 is 0 Å². The molecule has 0 amide bonds. The SMILES string of the molecule is CCCCCCCC(C)C(CCCOCCC)C(C)(OCC)OCC. The molecule has 0 saturated heterocycles. The van der Waals surface area contributed by atoms with Gasteiger partial charge in [-0.05, 0) is 46.0 Å². The van der Waals surface area contributed by atoms with Crippen LogP contribution in [-0.4, -0.2) is 32.2 Å². The van der Waals surface area contributed by atoms with Gasteiger partial charge in [0.25, 0.3) is 0 Å². The van der Waals surface area contributed by atoms with Gasteiger partial charge in [0, 0.05) is 32.3 Å². The van der Waals surface area contributed by atoms with Crippen LogP contribution in [0.3, 0.4) is 0 Å². The Morgan fingerprint density at radius 3 is 1.92 bits per heavy atom. The Balaban J connectivity index is 4.66. The highest BCUT2D eigenvalue weighted by molar-refractivity contribution is 4.80. The second kappa shape index (κ2) is 16.1. The average molecular weight is 359 g/mol. The monoisotopic (exact) mass is 358 g/mol. The van der Waals surface area contributed by atoms with Crippen molar-refractivity contribution in [1.29, 1.82) is 0 Å². The van der Waals surface area contributed by atoms with E-state index in [9.17, 15) is 0 Å². The summed E-state index contributed by atoms with van der Waals surface area (Å²) in [6.45, 7) is 16.2. The largest absolute Gasteiger partial charge is 0.381 e. The molecular weight excluding hydrogens is 312 g/mol. The third-order valence-electron chi connectivity index (χ3n) is 5.14. The van der Waals surface area contributed by atoms with Gasteiger partial charge in [-0.15, -0.1) is 0 Å². The minimum Gasteiger partial charge on any atom is -0.381 e. The molecule has 0 spiro atoms. The van der Waals surface area contributed by atoms with E-state index in [-0.39, 0.29) is 0 Å². The molecule has 2 unspecified atom stereocenters. The molecule has 0 aliphatic carbocycles. The molecule has 0 N–H and O–H groups in total. The molecule has 0 aliphatic heterocycles. The van der Waals surface area contributed by atoms with E-state index in [0.29, 0.717) is 25.0 Å². The maximum Gasteiger partial charge on any atom is 0.168 e. The fourth-order valence-electron chi connectivity index (χ4n) is 3.82. The molecule has 0 aromatic carbocycles. The van der Waals surface area contributed by atoms with E-state index in [0.717, 1.165) is 32.5 Å². The lowest BCUT2D eigenvalue weighted by Crippen LogP contribution is -2.44. The fraction of sp³-hybridized carbons (Fsp3) is 1.00. The molecule has 0 saturated carbocycles. The second-order valence-electron chi connectivity index (χ2n) is 7.42. The molecule has 0 aromatic rings. The van der Waals surface area contributed by atoms with E-state index >= 15 is 0 Å². The fourth-order valence-corrected chi connectivity index (χ4v) is 3.82. The lowest BCUT2D eigenvalue weighted by molar-refractivity contribution is -0.262. The Labute approximate surface area is 158 Å². The summed E-state index contributed by atoms with van der Waals surface area (Å²) in [7, 11) is 0. The van der Waals surface area contributed by atoms with Crippen LogP contribution in [0.25, 0.3) is 0 Å². The van der Waals surface area contributed by atoms with E-state index in [1.54, 1.807) is 0 Å². The Bertz CT molecular complexity index is 274. The molecule has 25 heavy (non-hydrogen) atoms. The molecule has 0 bridgehead atoms. The molecule has 2 atom stereocenters. The van der Waals surface area contributed by atoms with Gasteiger partial charge in [0.05, 0.1) is 0 Å². The highest BCUT2D eigenvalue weighted by Gasteiger charge is 2.38. The van der Waals surface area contributed by atoms with Crippen molar-refractivity contribution in [3.63, 3.8) is 0 Å². The van der Waals surface area contributed by atoms with E-state index in [2.05, 4.69) is 41.5 Å². The van der Waals surface area contributed by atoms with Crippen LogP contribution in [0.5, 0.6) is 0 Å². The van der Waals surface area contributed by atoms with E-state index < -0.39 is 5.79 Å². The number of ether oxygens (including phenoxy) is 3. The van der Waals surface area contributed by atoms with Crippen LogP contribution in [0.4, 0.5) is 0 Å². The predicted octanol–water partition coefficient (Wildman–Crippen LogP) is 6.60. The summed E-state index contributed by atoms with van der Waals surface area (Å²) >= 11 is 0. The van der Waals surface area contributed by atoms with Crippen LogP contribution in [0.15, 0.2) is 0 Å². The van der Waals surface area contributed by atoms with Gasteiger partial charge in [0.2, 0.25) is 0 Å². The summed E-state index contributed by atoms with van der Waals surface area (Å²) in [5, 5.41) is 0. The topological polar surface area (TPSA) is 27.7 Å². The van der Waals surface area contributed by atoms with Gasteiger partial charge in [-0.3, -0.25) is 0 Å². The molecular formula is C22H46O3. The first-order valence-corrected chi connectivity index (χ1v) is 10.9. The number of rotatable bonds is 18. The summed E-state index contributed by atoms with van der Waals surface area (Å²) in [4.78, 5) is 0.